The van der Waals surface area contributed by atoms with Crippen LogP contribution in [0.1, 0.15) is 16.7 Å². The highest BCUT2D eigenvalue weighted by Crippen LogP contribution is 2.25. The molecule has 1 fully saturated rings. The van der Waals surface area contributed by atoms with E-state index in [4.69, 9.17) is 4.74 Å². The van der Waals surface area contributed by atoms with Gasteiger partial charge in [-0.3, -0.25) is 19.7 Å². The van der Waals surface area contributed by atoms with Gasteiger partial charge in [0.2, 0.25) is 5.91 Å². The van der Waals surface area contributed by atoms with Crippen LogP contribution < -0.4 is 15.4 Å². The number of ether oxygens (including phenoxy) is 1. The Bertz CT molecular complexity index is 1400. The van der Waals surface area contributed by atoms with Gasteiger partial charge in [0.15, 0.2) is 0 Å². The summed E-state index contributed by atoms with van der Waals surface area (Å²) in [5.41, 5.74) is 3.11. The van der Waals surface area contributed by atoms with Gasteiger partial charge in [-0.15, -0.1) is 0 Å². The summed E-state index contributed by atoms with van der Waals surface area (Å²) in [6, 6.07) is 17.8. The first-order valence-electron chi connectivity index (χ1n) is 11.1. The molecule has 1 saturated heterocycles. The fourth-order valence-corrected chi connectivity index (χ4v) is 4.16. The number of amides is 4. The van der Waals surface area contributed by atoms with Gasteiger partial charge in [0.25, 0.3) is 11.6 Å². The molecule has 11 heteroatoms. The van der Waals surface area contributed by atoms with Gasteiger partial charge in [-0.25, -0.2) is 9.69 Å². The topological polar surface area (TPSA) is 131 Å². The van der Waals surface area contributed by atoms with Crippen LogP contribution in [0, 0.1) is 20.6 Å². The number of nitrogens with zero attached hydrogens (tertiary/aromatic N) is 2. The number of non-ortho nitro benzene ring substituents is 1. The highest BCUT2D eigenvalue weighted by molar-refractivity contribution is 14.1. The van der Waals surface area contributed by atoms with Gasteiger partial charge in [-0.05, 0) is 83.1 Å². The summed E-state index contributed by atoms with van der Waals surface area (Å²) in [6.07, 6.45) is 1.53. The van der Waals surface area contributed by atoms with E-state index >= 15 is 0 Å². The molecule has 4 amide bonds. The number of carbonyl (C=O) groups excluding carboxylic acids is 3. The van der Waals surface area contributed by atoms with E-state index in [1.54, 1.807) is 42.5 Å². The maximum Gasteiger partial charge on any atom is 0.329 e. The van der Waals surface area contributed by atoms with Crippen molar-refractivity contribution < 1.29 is 24.0 Å². The molecular formula is C26H21IN4O6. The largest absolute Gasteiger partial charge is 0.488 e. The van der Waals surface area contributed by atoms with Crippen molar-refractivity contribution in [3.05, 3.63) is 103 Å². The average molecular weight is 612 g/mol. The van der Waals surface area contributed by atoms with Gasteiger partial charge in [0.05, 0.1) is 8.49 Å². The molecule has 0 aromatic heterocycles. The van der Waals surface area contributed by atoms with Gasteiger partial charge in [0.1, 0.15) is 24.6 Å². The number of hydrogen-bond acceptors (Lipinski definition) is 6. The van der Waals surface area contributed by atoms with Crippen LogP contribution in [0.25, 0.3) is 6.08 Å². The molecule has 0 unspecified atom stereocenters. The molecule has 1 heterocycles. The number of rotatable bonds is 8. The predicted octanol–water partition coefficient (Wildman–Crippen LogP) is 4.62. The number of nitro benzene ring substituents is 1. The zero-order valence-corrected chi connectivity index (χ0v) is 21.7. The van der Waals surface area contributed by atoms with E-state index in [-0.39, 0.29) is 18.0 Å². The van der Waals surface area contributed by atoms with Crippen LogP contribution in [0.4, 0.5) is 16.2 Å². The Kier molecular flexibility index (Phi) is 7.82. The Morgan fingerprint density at radius 2 is 1.81 bits per heavy atom. The first kappa shape index (κ1) is 25.8. The Morgan fingerprint density at radius 3 is 2.46 bits per heavy atom. The Morgan fingerprint density at radius 1 is 1.11 bits per heavy atom. The van der Waals surface area contributed by atoms with Gasteiger partial charge < -0.3 is 15.4 Å². The number of nitrogens with one attached hydrogen (secondary N) is 2. The van der Waals surface area contributed by atoms with Gasteiger partial charge in [-0.1, -0.05) is 23.8 Å². The minimum absolute atomic E-state index is 0.00901. The quantitative estimate of drug-likeness (QED) is 0.126. The number of benzene rings is 3. The van der Waals surface area contributed by atoms with Crippen molar-refractivity contribution in [2.45, 2.75) is 13.5 Å². The highest BCUT2D eigenvalue weighted by Gasteiger charge is 2.34. The van der Waals surface area contributed by atoms with Crippen molar-refractivity contribution in [3.8, 4) is 5.75 Å². The van der Waals surface area contributed by atoms with Crippen LogP contribution in [0.2, 0.25) is 0 Å². The van der Waals surface area contributed by atoms with Crippen molar-refractivity contribution in [1.29, 1.82) is 0 Å². The number of aryl methyl sites for hydroxylation is 1. The second kappa shape index (κ2) is 11.2. The predicted molar refractivity (Wildman–Crippen MR) is 145 cm³/mol. The number of anilines is 1. The van der Waals surface area contributed by atoms with E-state index in [0.717, 1.165) is 19.6 Å². The Balaban J connectivity index is 1.37. The first-order chi connectivity index (χ1) is 17.7. The van der Waals surface area contributed by atoms with E-state index < -0.39 is 29.3 Å². The molecule has 3 aromatic rings. The minimum Gasteiger partial charge on any atom is -0.488 e. The molecule has 0 radical (unpaired) electrons. The second-order valence-corrected chi connectivity index (χ2v) is 9.36. The van der Waals surface area contributed by atoms with E-state index in [0.29, 0.717) is 17.0 Å². The lowest BCUT2D eigenvalue weighted by Crippen LogP contribution is -2.38. The Labute approximate surface area is 225 Å². The summed E-state index contributed by atoms with van der Waals surface area (Å²) in [6.45, 7) is 1.74. The minimum atomic E-state index is -0.673. The second-order valence-electron chi connectivity index (χ2n) is 8.20. The van der Waals surface area contributed by atoms with E-state index in [9.17, 15) is 24.5 Å². The molecule has 0 bridgehead atoms. The highest BCUT2D eigenvalue weighted by atomic mass is 127. The lowest BCUT2D eigenvalue weighted by Gasteiger charge is -2.12. The fraction of sp³-hybridized carbons (Fsp3) is 0.115. The molecule has 0 atom stereocenters. The average Bonchev–Trinajstić information content (AvgIpc) is 3.12. The summed E-state index contributed by atoms with van der Waals surface area (Å²) in [4.78, 5) is 48.6. The number of urea groups is 1. The molecule has 37 heavy (non-hydrogen) atoms. The molecule has 1 aliphatic heterocycles. The molecule has 1 aliphatic rings. The number of imide groups is 1. The summed E-state index contributed by atoms with van der Waals surface area (Å²) < 4.78 is 6.58. The van der Waals surface area contributed by atoms with Crippen LogP contribution in [0.3, 0.4) is 0 Å². The summed E-state index contributed by atoms with van der Waals surface area (Å²) in [7, 11) is 0. The maximum atomic E-state index is 12.8. The molecule has 0 aliphatic carbocycles. The van der Waals surface area contributed by atoms with Crippen molar-refractivity contribution in [3.63, 3.8) is 0 Å². The maximum absolute atomic E-state index is 12.8. The standard InChI is InChI=1S/C26H21IN4O6/c1-16-2-7-19(8-3-16)28-24(32)14-30-25(33)22(29-26(30)34)13-18-6-11-23(21(27)12-18)37-15-17-4-9-20(10-5-17)31(35)36/h2-13H,14-15H2,1H3,(H,28,32)(H,29,34)/b22-13+. The molecule has 3 aromatic carbocycles. The summed E-state index contributed by atoms with van der Waals surface area (Å²) >= 11 is 2.09. The number of hydrogen-bond donors (Lipinski definition) is 2. The molecule has 4 rings (SSSR count). The zero-order chi connectivity index (χ0) is 26.5. The smallest absolute Gasteiger partial charge is 0.329 e. The lowest BCUT2D eigenvalue weighted by atomic mass is 10.2. The van der Waals surface area contributed by atoms with Crippen LogP contribution in [-0.4, -0.2) is 34.2 Å². The molecule has 0 saturated carbocycles. The Hall–Kier alpha value is -4.26. The van der Waals surface area contributed by atoms with Crippen molar-refractivity contribution in [2.24, 2.45) is 0 Å². The molecular weight excluding hydrogens is 591 g/mol. The van der Waals surface area contributed by atoms with Gasteiger partial charge in [-0.2, -0.15) is 0 Å². The SMILES string of the molecule is Cc1ccc(NC(=O)CN2C(=O)N/C(=C/c3ccc(OCc4ccc([N+](=O)[O-])cc4)c(I)c3)C2=O)cc1. The van der Waals surface area contributed by atoms with E-state index in [2.05, 4.69) is 33.2 Å². The molecule has 10 nitrogen and oxygen atoms in total. The monoisotopic (exact) mass is 612 g/mol. The van der Waals surface area contributed by atoms with E-state index in [1.165, 1.54) is 18.2 Å². The van der Waals surface area contributed by atoms with Crippen LogP contribution in [0.5, 0.6) is 5.75 Å². The van der Waals surface area contributed by atoms with Gasteiger partial charge >= 0.3 is 6.03 Å². The third kappa shape index (κ3) is 6.50. The zero-order valence-electron chi connectivity index (χ0n) is 19.6. The molecule has 0 spiro atoms. The number of carbonyl (C=O) groups is 3. The molecule has 188 valence electrons. The van der Waals surface area contributed by atoms with Crippen molar-refractivity contribution >= 4 is 57.9 Å². The first-order valence-corrected chi connectivity index (χ1v) is 12.1. The fourth-order valence-electron chi connectivity index (χ4n) is 3.46. The lowest BCUT2D eigenvalue weighted by molar-refractivity contribution is -0.384. The number of halogens is 1. The van der Waals surface area contributed by atoms with Crippen LogP contribution in [-0.2, 0) is 16.2 Å². The normalized spacial score (nSPS) is 14.0. The summed E-state index contributed by atoms with van der Waals surface area (Å²) in [5.74, 6) is -0.493. The number of nitro groups is 1. The third-order valence-electron chi connectivity index (χ3n) is 5.41. The van der Waals surface area contributed by atoms with Gasteiger partial charge in [0, 0.05) is 17.8 Å². The van der Waals surface area contributed by atoms with Crippen LogP contribution in [0.15, 0.2) is 72.4 Å². The van der Waals surface area contributed by atoms with Crippen molar-refractivity contribution in [2.75, 3.05) is 11.9 Å². The molecule has 2 N–H and O–H groups in total. The van der Waals surface area contributed by atoms with Crippen molar-refractivity contribution in [1.82, 2.24) is 10.2 Å². The summed E-state index contributed by atoms with van der Waals surface area (Å²) in [5, 5.41) is 16.0. The van der Waals surface area contributed by atoms with E-state index in [1.807, 2.05) is 19.1 Å². The third-order valence-corrected chi connectivity index (χ3v) is 6.25. The van der Waals surface area contributed by atoms with Crippen LogP contribution >= 0.6 is 22.6 Å².